The average Bonchev–Trinajstić information content (AvgIpc) is 2.82. The van der Waals surface area contributed by atoms with Gasteiger partial charge in [0.15, 0.2) is 0 Å². The number of amides is 2. The van der Waals surface area contributed by atoms with Gasteiger partial charge in [-0.2, -0.15) is 0 Å². The number of halogens is 1. The van der Waals surface area contributed by atoms with Gasteiger partial charge in [0.1, 0.15) is 12.3 Å². The van der Waals surface area contributed by atoms with E-state index in [0.29, 0.717) is 12.2 Å². The van der Waals surface area contributed by atoms with Gasteiger partial charge in [-0.25, -0.2) is 0 Å². The van der Waals surface area contributed by atoms with Crippen LogP contribution in [-0.2, 0) is 14.3 Å². The Labute approximate surface area is 158 Å². The van der Waals surface area contributed by atoms with Crippen molar-refractivity contribution in [3.8, 4) is 5.75 Å². The Morgan fingerprint density at radius 3 is 2.72 bits per heavy atom. The highest BCUT2D eigenvalue weighted by atomic mass is 79.9. The molecule has 0 spiro atoms. The molecule has 0 aliphatic carbocycles. The van der Waals surface area contributed by atoms with Crippen molar-refractivity contribution in [2.75, 3.05) is 13.7 Å². The molecular formula is C17H18BrNO5S. The third-order valence-electron chi connectivity index (χ3n) is 3.54. The van der Waals surface area contributed by atoms with Crippen LogP contribution in [0.15, 0.2) is 27.6 Å². The normalized spacial score (nSPS) is 17.1. The predicted molar refractivity (Wildman–Crippen MR) is 99.2 cm³/mol. The summed E-state index contributed by atoms with van der Waals surface area (Å²) in [6.45, 7) is 3.26. The topological polar surface area (TPSA) is 72.9 Å². The molecule has 8 heteroatoms. The molecular weight excluding hydrogens is 410 g/mol. The number of hydrogen-bond donors (Lipinski definition) is 0. The number of carbonyl (C=O) groups excluding carboxylic acids is 3. The number of esters is 1. The second kappa shape index (κ2) is 8.53. The molecule has 0 unspecified atom stereocenters. The molecule has 6 nitrogen and oxygen atoms in total. The second-order valence-electron chi connectivity index (χ2n) is 5.37. The van der Waals surface area contributed by atoms with Crippen LogP contribution in [-0.4, -0.2) is 41.8 Å². The SMILES string of the molecule is CC[C@H](C)OC(=O)CN1C(=O)S/C(=C/c2ccc(OC)c(Br)c2)C1=O. The van der Waals surface area contributed by atoms with Crippen LogP contribution in [0.4, 0.5) is 4.79 Å². The number of benzene rings is 1. The Morgan fingerprint density at radius 1 is 1.40 bits per heavy atom. The van der Waals surface area contributed by atoms with E-state index >= 15 is 0 Å². The molecule has 1 aromatic carbocycles. The maximum atomic E-state index is 12.4. The summed E-state index contributed by atoms with van der Waals surface area (Å²) in [4.78, 5) is 37.4. The van der Waals surface area contributed by atoms with Gasteiger partial charge < -0.3 is 9.47 Å². The van der Waals surface area contributed by atoms with Crippen LogP contribution in [0.1, 0.15) is 25.8 Å². The summed E-state index contributed by atoms with van der Waals surface area (Å²) in [5, 5.41) is -0.482. The number of hydrogen-bond acceptors (Lipinski definition) is 6. The fraction of sp³-hybridized carbons (Fsp3) is 0.353. The quantitative estimate of drug-likeness (QED) is 0.507. The van der Waals surface area contributed by atoms with E-state index in [0.717, 1.165) is 26.7 Å². The third-order valence-corrected chi connectivity index (χ3v) is 5.07. The first-order valence-corrected chi connectivity index (χ1v) is 9.25. The Hall–Kier alpha value is -1.80. The minimum atomic E-state index is -0.593. The highest BCUT2D eigenvalue weighted by Crippen LogP contribution is 2.33. The van der Waals surface area contributed by atoms with Gasteiger partial charge in [0.25, 0.3) is 11.1 Å². The van der Waals surface area contributed by atoms with Crippen molar-refractivity contribution in [1.29, 1.82) is 0 Å². The second-order valence-corrected chi connectivity index (χ2v) is 7.22. The van der Waals surface area contributed by atoms with Gasteiger partial charge in [0.05, 0.1) is 22.6 Å². The van der Waals surface area contributed by atoms with Crippen molar-refractivity contribution in [2.24, 2.45) is 0 Å². The van der Waals surface area contributed by atoms with Crippen molar-refractivity contribution in [3.05, 3.63) is 33.1 Å². The summed E-state index contributed by atoms with van der Waals surface area (Å²) in [6, 6.07) is 5.31. The minimum Gasteiger partial charge on any atom is -0.496 e. The molecule has 134 valence electrons. The van der Waals surface area contributed by atoms with E-state index in [-0.39, 0.29) is 17.6 Å². The molecule has 1 aromatic rings. The standard InChI is InChI=1S/C17H18BrNO5S/c1-4-10(2)24-15(20)9-19-16(21)14(25-17(19)22)8-11-5-6-13(23-3)12(18)7-11/h5-8,10H,4,9H2,1-3H3/b14-8+/t10-/m0/s1. The lowest BCUT2D eigenvalue weighted by atomic mass is 10.2. The van der Waals surface area contributed by atoms with Crippen molar-refractivity contribution < 1.29 is 23.9 Å². The maximum Gasteiger partial charge on any atom is 0.326 e. The van der Waals surface area contributed by atoms with Gasteiger partial charge in [-0.05, 0) is 64.8 Å². The summed E-state index contributed by atoms with van der Waals surface area (Å²) in [6.07, 6.45) is 2.02. The molecule has 0 radical (unpaired) electrons. The monoisotopic (exact) mass is 427 g/mol. The molecule has 1 saturated heterocycles. The van der Waals surface area contributed by atoms with E-state index in [1.54, 1.807) is 38.3 Å². The van der Waals surface area contributed by atoms with Crippen molar-refractivity contribution in [3.63, 3.8) is 0 Å². The summed E-state index contributed by atoms with van der Waals surface area (Å²) < 4.78 is 11.0. The lowest BCUT2D eigenvalue weighted by Crippen LogP contribution is -2.35. The summed E-state index contributed by atoms with van der Waals surface area (Å²) in [5.74, 6) is -0.425. The summed E-state index contributed by atoms with van der Waals surface area (Å²) in [7, 11) is 1.56. The van der Waals surface area contributed by atoms with Gasteiger partial charge in [-0.1, -0.05) is 13.0 Å². The highest BCUT2D eigenvalue weighted by Gasteiger charge is 2.36. The minimum absolute atomic E-state index is 0.250. The predicted octanol–water partition coefficient (Wildman–Crippen LogP) is 3.84. The fourth-order valence-corrected chi connectivity index (χ4v) is 3.43. The molecule has 0 bridgehead atoms. The number of thioether (sulfide) groups is 1. The fourth-order valence-electron chi connectivity index (χ4n) is 2.03. The van der Waals surface area contributed by atoms with E-state index in [2.05, 4.69) is 15.9 Å². The zero-order valence-electron chi connectivity index (χ0n) is 14.1. The van der Waals surface area contributed by atoms with Gasteiger partial charge in [-0.15, -0.1) is 0 Å². The van der Waals surface area contributed by atoms with Crippen LogP contribution in [0.25, 0.3) is 6.08 Å². The van der Waals surface area contributed by atoms with E-state index in [4.69, 9.17) is 9.47 Å². The molecule has 0 N–H and O–H groups in total. The molecule has 0 saturated carbocycles. The summed E-state index contributed by atoms with van der Waals surface area (Å²) in [5.41, 5.74) is 0.736. The first-order chi connectivity index (χ1) is 11.8. The van der Waals surface area contributed by atoms with E-state index in [9.17, 15) is 14.4 Å². The molecule has 2 amide bonds. The van der Waals surface area contributed by atoms with Crippen LogP contribution >= 0.6 is 27.7 Å². The Morgan fingerprint density at radius 2 is 2.12 bits per heavy atom. The van der Waals surface area contributed by atoms with Crippen LogP contribution in [0.2, 0.25) is 0 Å². The van der Waals surface area contributed by atoms with Crippen LogP contribution in [0, 0.1) is 0 Å². The highest BCUT2D eigenvalue weighted by molar-refractivity contribution is 9.10. The lowest BCUT2D eigenvalue weighted by molar-refractivity contribution is -0.150. The van der Waals surface area contributed by atoms with E-state index < -0.39 is 17.1 Å². The molecule has 1 heterocycles. The third kappa shape index (κ3) is 4.85. The van der Waals surface area contributed by atoms with Crippen molar-refractivity contribution >= 4 is 50.9 Å². The molecule has 1 aliphatic heterocycles. The number of rotatable bonds is 6. The van der Waals surface area contributed by atoms with Crippen LogP contribution in [0.5, 0.6) is 5.75 Å². The first-order valence-electron chi connectivity index (χ1n) is 7.64. The molecule has 25 heavy (non-hydrogen) atoms. The van der Waals surface area contributed by atoms with Gasteiger partial charge >= 0.3 is 5.97 Å². The first kappa shape index (κ1) is 19.5. The number of imide groups is 1. The van der Waals surface area contributed by atoms with Crippen molar-refractivity contribution in [1.82, 2.24) is 4.90 Å². The van der Waals surface area contributed by atoms with Crippen molar-refractivity contribution in [2.45, 2.75) is 26.4 Å². The Kier molecular flexibility index (Phi) is 6.66. The zero-order chi connectivity index (χ0) is 18.6. The number of carbonyl (C=O) groups is 3. The molecule has 0 aromatic heterocycles. The van der Waals surface area contributed by atoms with Gasteiger partial charge in [0.2, 0.25) is 0 Å². The molecule has 2 rings (SSSR count). The molecule has 1 fully saturated rings. The number of ether oxygens (including phenoxy) is 2. The Bertz CT molecular complexity index is 734. The zero-order valence-corrected chi connectivity index (χ0v) is 16.5. The van der Waals surface area contributed by atoms with E-state index in [1.807, 2.05) is 6.92 Å². The molecule has 1 atom stereocenters. The van der Waals surface area contributed by atoms with Crippen LogP contribution < -0.4 is 4.74 Å². The number of nitrogens with zero attached hydrogens (tertiary/aromatic N) is 1. The average molecular weight is 428 g/mol. The molecule has 1 aliphatic rings. The van der Waals surface area contributed by atoms with E-state index in [1.165, 1.54) is 0 Å². The largest absolute Gasteiger partial charge is 0.496 e. The van der Waals surface area contributed by atoms with Gasteiger partial charge in [-0.3, -0.25) is 19.3 Å². The lowest BCUT2D eigenvalue weighted by Gasteiger charge is -2.14. The van der Waals surface area contributed by atoms with Gasteiger partial charge in [0, 0.05) is 0 Å². The summed E-state index contributed by atoms with van der Waals surface area (Å²) >= 11 is 4.18. The maximum absolute atomic E-state index is 12.4. The Balaban J connectivity index is 2.12. The smallest absolute Gasteiger partial charge is 0.326 e. The van der Waals surface area contributed by atoms with Crippen LogP contribution in [0.3, 0.4) is 0 Å². The number of methoxy groups -OCH3 is 1.